The zero-order valence-corrected chi connectivity index (χ0v) is 13.0. The van der Waals surface area contributed by atoms with Gasteiger partial charge in [0, 0.05) is 38.5 Å². The van der Waals surface area contributed by atoms with Gasteiger partial charge < -0.3 is 16.0 Å². The third kappa shape index (κ3) is 4.63. The summed E-state index contributed by atoms with van der Waals surface area (Å²) in [6, 6.07) is 0.283. The van der Waals surface area contributed by atoms with E-state index in [2.05, 4.69) is 5.32 Å². The van der Waals surface area contributed by atoms with Crippen LogP contribution in [0.25, 0.3) is 0 Å². The molecule has 0 bridgehead atoms. The van der Waals surface area contributed by atoms with Crippen LogP contribution in [0.3, 0.4) is 0 Å². The number of likely N-dealkylation sites (tertiary alicyclic amines) is 1. The molecule has 116 valence electrons. The average Bonchev–Trinajstić information content (AvgIpc) is 2.37. The standard InChI is InChI=1S/C14H25N3O2.ClH/c1-17-9-11(6-7-14(17)19)16-13(18)8-10-4-2-3-5-12(10)15;/h10-12H,2-9,15H2,1H3,(H,16,18);1H. The number of nitrogens with zero attached hydrogens (tertiary/aromatic N) is 1. The Balaban J connectivity index is 0.00000200. The molecule has 1 aliphatic heterocycles. The molecule has 6 heteroatoms. The smallest absolute Gasteiger partial charge is 0.222 e. The summed E-state index contributed by atoms with van der Waals surface area (Å²) in [5.41, 5.74) is 6.07. The van der Waals surface area contributed by atoms with E-state index in [0.29, 0.717) is 25.3 Å². The van der Waals surface area contributed by atoms with E-state index in [1.165, 1.54) is 12.8 Å². The number of rotatable bonds is 3. The molecule has 3 N–H and O–H groups in total. The van der Waals surface area contributed by atoms with Gasteiger partial charge in [0.2, 0.25) is 11.8 Å². The molecule has 20 heavy (non-hydrogen) atoms. The van der Waals surface area contributed by atoms with Gasteiger partial charge in [-0.2, -0.15) is 0 Å². The van der Waals surface area contributed by atoms with Crippen molar-refractivity contribution < 1.29 is 9.59 Å². The molecule has 1 aliphatic carbocycles. The Morgan fingerprint density at radius 1 is 1.35 bits per heavy atom. The SMILES string of the molecule is CN1CC(NC(=O)CC2CCCCC2N)CCC1=O.Cl. The van der Waals surface area contributed by atoms with E-state index in [9.17, 15) is 9.59 Å². The van der Waals surface area contributed by atoms with E-state index < -0.39 is 0 Å². The fourth-order valence-electron chi connectivity index (χ4n) is 3.14. The Kier molecular flexibility index (Phi) is 6.76. The van der Waals surface area contributed by atoms with Crippen LogP contribution in [0.15, 0.2) is 0 Å². The molecule has 3 atom stereocenters. The topological polar surface area (TPSA) is 75.4 Å². The van der Waals surface area contributed by atoms with E-state index in [-0.39, 0.29) is 36.3 Å². The van der Waals surface area contributed by atoms with Gasteiger partial charge in [0.15, 0.2) is 0 Å². The van der Waals surface area contributed by atoms with Gasteiger partial charge in [-0.15, -0.1) is 12.4 Å². The first-order chi connectivity index (χ1) is 9.06. The Labute approximate surface area is 127 Å². The van der Waals surface area contributed by atoms with Crippen LogP contribution in [0.2, 0.25) is 0 Å². The maximum Gasteiger partial charge on any atom is 0.222 e. The first-order valence-corrected chi connectivity index (χ1v) is 7.35. The third-order valence-corrected chi connectivity index (χ3v) is 4.41. The highest BCUT2D eigenvalue weighted by molar-refractivity contribution is 5.85. The molecule has 0 spiro atoms. The number of carbonyl (C=O) groups is 2. The third-order valence-electron chi connectivity index (χ3n) is 4.41. The minimum atomic E-state index is 0. The number of hydrogen-bond acceptors (Lipinski definition) is 3. The predicted molar refractivity (Wildman–Crippen MR) is 80.6 cm³/mol. The Bertz CT molecular complexity index is 351. The van der Waals surface area contributed by atoms with Gasteiger partial charge in [0.25, 0.3) is 0 Å². The molecule has 0 aromatic rings. The lowest BCUT2D eigenvalue weighted by atomic mass is 9.83. The lowest BCUT2D eigenvalue weighted by Crippen LogP contribution is -2.49. The van der Waals surface area contributed by atoms with Gasteiger partial charge in [-0.05, 0) is 25.2 Å². The fraction of sp³-hybridized carbons (Fsp3) is 0.857. The zero-order valence-electron chi connectivity index (χ0n) is 12.1. The number of piperidine rings is 1. The largest absolute Gasteiger partial charge is 0.352 e. The number of hydrogen-bond donors (Lipinski definition) is 2. The summed E-state index contributed by atoms with van der Waals surface area (Å²) in [7, 11) is 1.79. The van der Waals surface area contributed by atoms with E-state index in [1.54, 1.807) is 11.9 Å². The van der Waals surface area contributed by atoms with Crippen LogP contribution in [0.1, 0.15) is 44.9 Å². The van der Waals surface area contributed by atoms with E-state index in [0.717, 1.165) is 19.3 Å². The molecule has 3 unspecified atom stereocenters. The van der Waals surface area contributed by atoms with Crippen LogP contribution in [0, 0.1) is 5.92 Å². The quantitative estimate of drug-likeness (QED) is 0.818. The molecule has 2 aliphatic rings. The summed E-state index contributed by atoms with van der Waals surface area (Å²) in [5, 5.41) is 3.05. The van der Waals surface area contributed by atoms with Crippen LogP contribution in [0.5, 0.6) is 0 Å². The van der Waals surface area contributed by atoms with Crippen molar-refractivity contribution in [3.8, 4) is 0 Å². The molecule has 1 saturated heterocycles. The molecule has 2 rings (SSSR count). The number of nitrogens with two attached hydrogens (primary N) is 1. The molecule has 0 aromatic carbocycles. The summed E-state index contributed by atoms with van der Waals surface area (Å²) in [5.74, 6) is 0.589. The molecular formula is C14H26ClN3O2. The summed E-state index contributed by atoms with van der Waals surface area (Å²) in [6.07, 6.45) is 6.31. The van der Waals surface area contributed by atoms with Gasteiger partial charge in [-0.1, -0.05) is 12.8 Å². The van der Waals surface area contributed by atoms with E-state index in [4.69, 9.17) is 5.73 Å². The van der Waals surface area contributed by atoms with Crippen LogP contribution in [0.4, 0.5) is 0 Å². The van der Waals surface area contributed by atoms with Crippen LogP contribution in [-0.4, -0.2) is 42.4 Å². The van der Waals surface area contributed by atoms with Crippen molar-refractivity contribution in [1.29, 1.82) is 0 Å². The molecule has 0 radical (unpaired) electrons. The predicted octanol–water partition coefficient (Wildman–Crippen LogP) is 1.05. The zero-order chi connectivity index (χ0) is 13.8. The second-order valence-corrected chi connectivity index (χ2v) is 5.99. The summed E-state index contributed by atoms with van der Waals surface area (Å²) in [4.78, 5) is 25.1. The number of carbonyl (C=O) groups excluding carboxylic acids is 2. The summed E-state index contributed by atoms with van der Waals surface area (Å²) < 4.78 is 0. The lowest BCUT2D eigenvalue weighted by molar-refractivity contribution is -0.134. The molecule has 1 saturated carbocycles. The van der Waals surface area contributed by atoms with Gasteiger partial charge in [0.05, 0.1) is 0 Å². The summed E-state index contributed by atoms with van der Waals surface area (Å²) >= 11 is 0. The summed E-state index contributed by atoms with van der Waals surface area (Å²) in [6.45, 7) is 0.626. The minimum absolute atomic E-state index is 0. The molecule has 2 amide bonds. The maximum atomic E-state index is 12.0. The average molecular weight is 304 g/mol. The second-order valence-electron chi connectivity index (χ2n) is 5.99. The maximum absolute atomic E-state index is 12.0. The molecule has 1 heterocycles. The highest BCUT2D eigenvalue weighted by atomic mass is 35.5. The molecule has 0 aromatic heterocycles. The number of likely N-dealkylation sites (N-methyl/N-ethyl adjacent to an activating group) is 1. The molecule has 5 nitrogen and oxygen atoms in total. The van der Waals surface area contributed by atoms with Crippen molar-refractivity contribution >= 4 is 24.2 Å². The minimum Gasteiger partial charge on any atom is -0.352 e. The number of nitrogens with one attached hydrogen (secondary N) is 1. The van der Waals surface area contributed by atoms with Gasteiger partial charge in [-0.25, -0.2) is 0 Å². The Hall–Kier alpha value is -0.810. The van der Waals surface area contributed by atoms with Crippen molar-refractivity contribution in [2.24, 2.45) is 11.7 Å². The number of halogens is 1. The monoisotopic (exact) mass is 303 g/mol. The van der Waals surface area contributed by atoms with E-state index >= 15 is 0 Å². The Morgan fingerprint density at radius 2 is 2.05 bits per heavy atom. The highest BCUT2D eigenvalue weighted by Crippen LogP contribution is 2.25. The fourth-order valence-corrected chi connectivity index (χ4v) is 3.14. The second kappa shape index (κ2) is 7.84. The first-order valence-electron chi connectivity index (χ1n) is 7.35. The van der Waals surface area contributed by atoms with Crippen molar-refractivity contribution in [1.82, 2.24) is 10.2 Å². The van der Waals surface area contributed by atoms with Crippen molar-refractivity contribution in [3.63, 3.8) is 0 Å². The Morgan fingerprint density at radius 3 is 2.70 bits per heavy atom. The molecule has 2 fully saturated rings. The van der Waals surface area contributed by atoms with Crippen molar-refractivity contribution in [2.45, 2.75) is 57.0 Å². The van der Waals surface area contributed by atoms with Gasteiger partial charge in [0.1, 0.15) is 0 Å². The van der Waals surface area contributed by atoms with Crippen LogP contribution >= 0.6 is 12.4 Å². The first kappa shape index (κ1) is 17.2. The molecular weight excluding hydrogens is 278 g/mol. The normalized spacial score (nSPS) is 30.6. The van der Waals surface area contributed by atoms with Gasteiger partial charge >= 0.3 is 0 Å². The van der Waals surface area contributed by atoms with E-state index in [1.807, 2.05) is 0 Å². The van der Waals surface area contributed by atoms with Crippen molar-refractivity contribution in [3.05, 3.63) is 0 Å². The van der Waals surface area contributed by atoms with Crippen LogP contribution in [-0.2, 0) is 9.59 Å². The van der Waals surface area contributed by atoms with Gasteiger partial charge in [-0.3, -0.25) is 9.59 Å². The highest BCUT2D eigenvalue weighted by Gasteiger charge is 2.27. The lowest BCUT2D eigenvalue weighted by Gasteiger charge is -2.32. The number of amides is 2. The van der Waals surface area contributed by atoms with Crippen LogP contribution < -0.4 is 11.1 Å². The van der Waals surface area contributed by atoms with Crippen molar-refractivity contribution in [2.75, 3.05) is 13.6 Å².